The van der Waals surface area contributed by atoms with Gasteiger partial charge in [-0.1, -0.05) is 6.92 Å². The van der Waals surface area contributed by atoms with Gasteiger partial charge in [-0.05, 0) is 49.1 Å². The zero-order valence-corrected chi connectivity index (χ0v) is 12.9. The van der Waals surface area contributed by atoms with Crippen molar-refractivity contribution in [3.8, 4) is 0 Å². The van der Waals surface area contributed by atoms with Crippen LogP contribution in [0, 0.1) is 0 Å². The van der Waals surface area contributed by atoms with Crippen molar-refractivity contribution in [3.63, 3.8) is 0 Å². The molecule has 1 aliphatic heterocycles. The lowest BCUT2D eigenvalue weighted by Gasteiger charge is -2.44. The zero-order valence-electron chi connectivity index (χ0n) is 12.1. The van der Waals surface area contributed by atoms with Crippen LogP contribution in [0.25, 0.3) is 0 Å². The third-order valence-electron chi connectivity index (χ3n) is 4.82. The molecule has 114 valence electrons. The van der Waals surface area contributed by atoms with Crippen LogP contribution in [0.15, 0.2) is 11.4 Å². The van der Waals surface area contributed by atoms with E-state index < -0.39 is 12.0 Å². The van der Waals surface area contributed by atoms with Gasteiger partial charge < -0.3 is 15.3 Å². The molecule has 0 aromatic carbocycles. The summed E-state index contributed by atoms with van der Waals surface area (Å²) in [6.07, 6.45) is 4.75. The van der Waals surface area contributed by atoms with Crippen LogP contribution in [-0.4, -0.2) is 34.1 Å². The van der Waals surface area contributed by atoms with E-state index in [1.54, 1.807) is 11.3 Å². The molecule has 2 amide bonds. The predicted molar refractivity (Wildman–Crippen MR) is 80.5 cm³/mol. The van der Waals surface area contributed by atoms with Crippen molar-refractivity contribution in [2.45, 2.75) is 50.6 Å². The van der Waals surface area contributed by atoms with Gasteiger partial charge in [-0.25, -0.2) is 9.59 Å². The number of rotatable bonds is 3. The number of amides is 2. The minimum Gasteiger partial charge on any atom is -0.479 e. The number of thiophene rings is 1. The van der Waals surface area contributed by atoms with Crippen molar-refractivity contribution >= 4 is 23.3 Å². The molecule has 2 aliphatic rings. The first-order valence-corrected chi connectivity index (χ1v) is 8.32. The van der Waals surface area contributed by atoms with E-state index >= 15 is 0 Å². The Balaban J connectivity index is 1.81. The standard InChI is InChI=1S/C15H20N2O3S/c1-2-15(6-3-7-15)16-14(20)17-8-4-11-10(5-9-21-11)12(17)13(18)19/h5,9,12H,2-4,6-8H2,1H3,(H,16,20)(H,18,19). The highest BCUT2D eigenvalue weighted by molar-refractivity contribution is 7.10. The van der Waals surface area contributed by atoms with Crippen LogP contribution in [0.3, 0.4) is 0 Å². The minimum atomic E-state index is -0.955. The average Bonchev–Trinajstić information content (AvgIpc) is 2.89. The molecule has 1 saturated carbocycles. The first kappa shape index (κ1) is 14.4. The molecule has 2 N–H and O–H groups in total. The number of carboxylic acids is 1. The van der Waals surface area contributed by atoms with Gasteiger partial charge in [0.15, 0.2) is 6.04 Å². The number of carboxylic acid groups (broad SMARTS) is 1. The van der Waals surface area contributed by atoms with E-state index in [0.29, 0.717) is 6.54 Å². The van der Waals surface area contributed by atoms with E-state index in [9.17, 15) is 14.7 Å². The van der Waals surface area contributed by atoms with Crippen LogP contribution < -0.4 is 5.32 Å². The summed E-state index contributed by atoms with van der Waals surface area (Å²) in [5, 5.41) is 14.5. The molecule has 6 heteroatoms. The number of urea groups is 1. The molecule has 21 heavy (non-hydrogen) atoms. The van der Waals surface area contributed by atoms with Gasteiger partial charge >= 0.3 is 12.0 Å². The van der Waals surface area contributed by atoms with Crippen molar-refractivity contribution in [1.82, 2.24) is 10.2 Å². The van der Waals surface area contributed by atoms with Crippen LogP contribution >= 0.6 is 11.3 Å². The maximum absolute atomic E-state index is 12.6. The summed E-state index contributed by atoms with van der Waals surface area (Å²) >= 11 is 1.57. The largest absolute Gasteiger partial charge is 0.479 e. The molecule has 5 nitrogen and oxygen atoms in total. The molecule has 0 bridgehead atoms. The Morgan fingerprint density at radius 1 is 1.52 bits per heavy atom. The molecule has 1 fully saturated rings. The van der Waals surface area contributed by atoms with Crippen molar-refractivity contribution < 1.29 is 14.7 Å². The molecule has 2 heterocycles. The molecule has 0 spiro atoms. The summed E-state index contributed by atoms with van der Waals surface area (Å²) in [6, 6.07) is 0.742. The van der Waals surface area contributed by atoms with Crippen molar-refractivity contribution in [3.05, 3.63) is 21.9 Å². The maximum Gasteiger partial charge on any atom is 0.331 e. The Labute approximate surface area is 128 Å². The van der Waals surface area contributed by atoms with Crippen molar-refractivity contribution in [2.75, 3.05) is 6.54 Å². The van der Waals surface area contributed by atoms with Gasteiger partial charge in [-0.2, -0.15) is 0 Å². The van der Waals surface area contributed by atoms with Crippen LogP contribution in [0.2, 0.25) is 0 Å². The summed E-state index contributed by atoms with van der Waals surface area (Å²) in [5.74, 6) is -0.955. The van der Waals surface area contributed by atoms with E-state index in [1.165, 1.54) is 4.90 Å². The smallest absolute Gasteiger partial charge is 0.331 e. The number of nitrogens with zero attached hydrogens (tertiary/aromatic N) is 1. The lowest BCUT2D eigenvalue weighted by Crippen LogP contribution is -2.58. The SMILES string of the molecule is CCC1(NC(=O)N2CCc3sccc3C2C(=O)O)CCC1. The second-order valence-corrected chi connectivity index (χ2v) is 6.90. The molecule has 1 aromatic heterocycles. The third kappa shape index (κ3) is 2.41. The van der Waals surface area contributed by atoms with Gasteiger partial charge in [-0.3, -0.25) is 0 Å². The quantitative estimate of drug-likeness (QED) is 0.902. The Hall–Kier alpha value is -1.56. The monoisotopic (exact) mass is 308 g/mol. The summed E-state index contributed by atoms with van der Waals surface area (Å²) < 4.78 is 0. The highest BCUT2D eigenvalue weighted by atomic mass is 32.1. The number of carbonyl (C=O) groups is 2. The highest BCUT2D eigenvalue weighted by Crippen LogP contribution is 2.37. The average molecular weight is 308 g/mol. The summed E-state index contributed by atoms with van der Waals surface area (Å²) in [5.41, 5.74) is 0.655. The van der Waals surface area contributed by atoms with Gasteiger partial charge in [0.05, 0.1) is 0 Å². The van der Waals surface area contributed by atoms with Gasteiger partial charge in [0.25, 0.3) is 0 Å². The minimum absolute atomic E-state index is 0.116. The normalized spacial score (nSPS) is 23.1. The van der Waals surface area contributed by atoms with E-state index in [2.05, 4.69) is 12.2 Å². The molecule has 0 radical (unpaired) electrons. The van der Waals surface area contributed by atoms with Gasteiger partial charge in [0.1, 0.15) is 0 Å². The summed E-state index contributed by atoms with van der Waals surface area (Å²) in [6.45, 7) is 2.54. The Kier molecular flexibility index (Phi) is 3.65. The van der Waals surface area contributed by atoms with Gasteiger partial charge in [-0.15, -0.1) is 11.3 Å². The van der Waals surface area contributed by atoms with Crippen LogP contribution in [-0.2, 0) is 11.2 Å². The molecular formula is C15H20N2O3S. The number of aliphatic carboxylic acids is 1. The second-order valence-electron chi connectivity index (χ2n) is 5.90. The first-order valence-electron chi connectivity index (χ1n) is 7.44. The summed E-state index contributed by atoms with van der Waals surface area (Å²) in [7, 11) is 0. The zero-order chi connectivity index (χ0) is 15.0. The summed E-state index contributed by atoms with van der Waals surface area (Å²) in [4.78, 5) is 26.8. The Morgan fingerprint density at radius 2 is 2.29 bits per heavy atom. The van der Waals surface area contributed by atoms with E-state index in [4.69, 9.17) is 0 Å². The first-order chi connectivity index (χ1) is 10.1. The van der Waals surface area contributed by atoms with Gasteiger partial charge in [0, 0.05) is 17.0 Å². The van der Waals surface area contributed by atoms with Crippen LogP contribution in [0.1, 0.15) is 49.1 Å². The van der Waals surface area contributed by atoms with Crippen molar-refractivity contribution in [1.29, 1.82) is 0 Å². The van der Waals surface area contributed by atoms with E-state index in [-0.39, 0.29) is 11.6 Å². The predicted octanol–water partition coefficient (Wildman–Crippen LogP) is 2.77. The fraction of sp³-hybridized carbons (Fsp3) is 0.600. The topological polar surface area (TPSA) is 69.6 Å². The maximum atomic E-state index is 12.6. The lowest BCUT2D eigenvalue weighted by atomic mass is 9.75. The molecule has 1 aromatic rings. The molecule has 3 rings (SSSR count). The second kappa shape index (κ2) is 5.33. The van der Waals surface area contributed by atoms with E-state index in [0.717, 1.165) is 42.5 Å². The van der Waals surface area contributed by atoms with Crippen molar-refractivity contribution in [2.24, 2.45) is 0 Å². The molecule has 1 aliphatic carbocycles. The number of hydrogen-bond acceptors (Lipinski definition) is 3. The van der Waals surface area contributed by atoms with Crippen LogP contribution in [0.5, 0.6) is 0 Å². The fourth-order valence-electron chi connectivity index (χ4n) is 3.27. The van der Waals surface area contributed by atoms with Gasteiger partial charge in [0.2, 0.25) is 0 Å². The highest BCUT2D eigenvalue weighted by Gasteiger charge is 2.41. The van der Waals surface area contributed by atoms with Crippen LogP contribution in [0.4, 0.5) is 4.79 Å². The molecule has 1 atom stereocenters. The molecule has 1 unspecified atom stereocenters. The Morgan fingerprint density at radius 3 is 2.86 bits per heavy atom. The number of fused-ring (bicyclic) bond motifs is 1. The lowest BCUT2D eigenvalue weighted by molar-refractivity contribution is -0.142. The molecule has 0 saturated heterocycles. The Bertz CT molecular complexity index is 560. The number of carbonyl (C=O) groups excluding carboxylic acids is 1. The van der Waals surface area contributed by atoms with E-state index in [1.807, 2.05) is 11.4 Å². The number of nitrogens with one attached hydrogen (secondary N) is 1. The number of hydrogen-bond donors (Lipinski definition) is 2. The fourth-order valence-corrected chi connectivity index (χ4v) is 4.17. The molecular weight excluding hydrogens is 288 g/mol. The third-order valence-corrected chi connectivity index (χ3v) is 5.82.